The fourth-order valence-corrected chi connectivity index (χ4v) is 1.09. The van der Waals surface area contributed by atoms with Gasteiger partial charge < -0.3 is 10.1 Å². The molecule has 0 aromatic carbocycles. The molecular formula is C10H19NO3. The van der Waals surface area contributed by atoms with E-state index < -0.39 is 0 Å². The summed E-state index contributed by atoms with van der Waals surface area (Å²) in [7, 11) is 0. The van der Waals surface area contributed by atoms with E-state index in [0.717, 1.165) is 0 Å². The normalized spacial score (nSPS) is 12.4. The molecule has 0 fully saturated rings. The standard InChI is InChI=1S/C10H19NO3/c1-5-14-10(13)9(7(2)3)6-11-8(4)12/h7,9H,5-6H2,1-4H3,(H,11,12)/t9-/m1/s1. The van der Waals surface area contributed by atoms with Crippen LogP contribution in [0.25, 0.3) is 0 Å². The number of hydrogen-bond acceptors (Lipinski definition) is 3. The molecule has 0 heterocycles. The van der Waals surface area contributed by atoms with Crippen LogP contribution in [0.3, 0.4) is 0 Å². The van der Waals surface area contributed by atoms with Crippen molar-refractivity contribution in [2.45, 2.75) is 27.7 Å². The molecular weight excluding hydrogens is 182 g/mol. The van der Waals surface area contributed by atoms with Crippen LogP contribution in [-0.2, 0) is 14.3 Å². The third-order valence-electron chi connectivity index (χ3n) is 1.97. The van der Waals surface area contributed by atoms with E-state index >= 15 is 0 Å². The fraction of sp³-hybridized carbons (Fsp3) is 0.800. The molecule has 0 aromatic heterocycles. The summed E-state index contributed by atoms with van der Waals surface area (Å²) in [5.41, 5.74) is 0. The molecule has 0 aliphatic carbocycles. The number of esters is 1. The van der Waals surface area contributed by atoms with Crippen LogP contribution in [0.2, 0.25) is 0 Å². The van der Waals surface area contributed by atoms with E-state index in [1.807, 2.05) is 13.8 Å². The van der Waals surface area contributed by atoms with E-state index in [1.165, 1.54) is 6.92 Å². The zero-order valence-electron chi connectivity index (χ0n) is 9.29. The Balaban J connectivity index is 4.14. The number of amides is 1. The minimum Gasteiger partial charge on any atom is -0.466 e. The molecule has 0 radical (unpaired) electrons. The van der Waals surface area contributed by atoms with Gasteiger partial charge in [0.2, 0.25) is 5.91 Å². The second-order valence-corrected chi connectivity index (χ2v) is 3.54. The Bertz CT molecular complexity index is 202. The van der Waals surface area contributed by atoms with Gasteiger partial charge in [0.05, 0.1) is 12.5 Å². The molecule has 1 N–H and O–H groups in total. The summed E-state index contributed by atoms with van der Waals surface area (Å²) in [5, 5.41) is 2.63. The predicted octanol–water partition coefficient (Wildman–Crippen LogP) is 0.958. The van der Waals surface area contributed by atoms with Gasteiger partial charge >= 0.3 is 5.97 Å². The van der Waals surface area contributed by atoms with E-state index in [2.05, 4.69) is 5.32 Å². The summed E-state index contributed by atoms with van der Waals surface area (Å²) in [4.78, 5) is 22.1. The van der Waals surface area contributed by atoms with Crippen molar-refractivity contribution < 1.29 is 14.3 Å². The molecule has 0 saturated heterocycles. The number of rotatable bonds is 5. The molecule has 1 atom stereocenters. The highest BCUT2D eigenvalue weighted by Crippen LogP contribution is 2.11. The molecule has 0 aliphatic heterocycles. The summed E-state index contributed by atoms with van der Waals surface area (Å²) in [6.45, 7) is 7.80. The average Bonchev–Trinajstić information content (AvgIpc) is 2.03. The first-order valence-electron chi connectivity index (χ1n) is 4.90. The lowest BCUT2D eigenvalue weighted by Gasteiger charge is -2.18. The first-order valence-corrected chi connectivity index (χ1v) is 4.90. The second-order valence-electron chi connectivity index (χ2n) is 3.54. The van der Waals surface area contributed by atoms with Gasteiger partial charge in [0.15, 0.2) is 0 Å². The Morgan fingerprint density at radius 3 is 2.29 bits per heavy atom. The molecule has 0 spiro atoms. The third-order valence-corrected chi connectivity index (χ3v) is 1.97. The molecule has 0 saturated carbocycles. The first kappa shape index (κ1) is 12.9. The molecule has 0 bridgehead atoms. The van der Waals surface area contributed by atoms with Gasteiger partial charge in [-0.05, 0) is 12.8 Å². The van der Waals surface area contributed by atoms with Crippen LogP contribution >= 0.6 is 0 Å². The van der Waals surface area contributed by atoms with Gasteiger partial charge in [0.1, 0.15) is 0 Å². The molecule has 4 nitrogen and oxygen atoms in total. The van der Waals surface area contributed by atoms with Gasteiger partial charge in [-0.3, -0.25) is 9.59 Å². The van der Waals surface area contributed by atoms with Gasteiger partial charge in [-0.25, -0.2) is 0 Å². The van der Waals surface area contributed by atoms with Crippen LogP contribution in [0.15, 0.2) is 0 Å². The maximum absolute atomic E-state index is 11.4. The monoisotopic (exact) mass is 201 g/mol. The lowest BCUT2D eigenvalue weighted by atomic mass is 9.96. The predicted molar refractivity (Wildman–Crippen MR) is 53.6 cm³/mol. The molecule has 0 rings (SSSR count). The van der Waals surface area contributed by atoms with Gasteiger partial charge in [-0.2, -0.15) is 0 Å². The number of ether oxygens (including phenoxy) is 1. The minimum absolute atomic E-state index is 0.125. The van der Waals surface area contributed by atoms with Crippen LogP contribution in [0, 0.1) is 11.8 Å². The highest BCUT2D eigenvalue weighted by Gasteiger charge is 2.23. The largest absolute Gasteiger partial charge is 0.466 e. The molecule has 82 valence electrons. The van der Waals surface area contributed by atoms with Crippen molar-refractivity contribution >= 4 is 11.9 Å². The van der Waals surface area contributed by atoms with Crippen LogP contribution in [0.5, 0.6) is 0 Å². The van der Waals surface area contributed by atoms with E-state index in [1.54, 1.807) is 6.92 Å². The maximum Gasteiger partial charge on any atom is 0.310 e. The van der Waals surface area contributed by atoms with Crippen molar-refractivity contribution in [2.75, 3.05) is 13.2 Å². The quantitative estimate of drug-likeness (QED) is 0.674. The number of carbonyl (C=O) groups is 2. The van der Waals surface area contributed by atoms with Crippen LogP contribution < -0.4 is 5.32 Å². The van der Waals surface area contributed by atoms with E-state index in [0.29, 0.717) is 13.2 Å². The summed E-state index contributed by atoms with van der Waals surface area (Å²) in [5.74, 6) is -0.448. The van der Waals surface area contributed by atoms with Crippen LogP contribution in [-0.4, -0.2) is 25.0 Å². The molecule has 1 amide bonds. The Morgan fingerprint density at radius 2 is 1.93 bits per heavy atom. The van der Waals surface area contributed by atoms with Crippen molar-refractivity contribution in [3.63, 3.8) is 0 Å². The zero-order valence-corrected chi connectivity index (χ0v) is 9.29. The third kappa shape index (κ3) is 4.84. The first-order chi connectivity index (χ1) is 6.49. The van der Waals surface area contributed by atoms with E-state index in [-0.39, 0.29) is 23.7 Å². The molecule has 0 aromatic rings. The molecule has 4 heteroatoms. The minimum atomic E-state index is -0.251. The highest BCUT2D eigenvalue weighted by atomic mass is 16.5. The lowest BCUT2D eigenvalue weighted by molar-refractivity contribution is -0.149. The van der Waals surface area contributed by atoms with Crippen LogP contribution in [0.4, 0.5) is 0 Å². The SMILES string of the molecule is CCOC(=O)[C@H](CNC(C)=O)C(C)C. The van der Waals surface area contributed by atoms with Crippen molar-refractivity contribution in [1.82, 2.24) is 5.32 Å². The molecule has 0 aliphatic rings. The van der Waals surface area contributed by atoms with E-state index in [4.69, 9.17) is 4.74 Å². The average molecular weight is 201 g/mol. The fourth-order valence-electron chi connectivity index (χ4n) is 1.09. The molecule has 14 heavy (non-hydrogen) atoms. The van der Waals surface area contributed by atoms with Gasteiger partial charge in [0, 0.05) is 13.5 Å². The second kappa shape index (κ2) is 6.40. The van der Waals surface area contributed by atoms with Crippen molar-refractivity contribution in [3.8, 4) is 0 Å². The Morgan fingerprint density at radius 1 is 1.36 bits per heavy atom. The number of nitrogens with one attached hydrogen (secondary N) is 1. The Kier molecular flexibility index (Phi) is 5.92. The number of hydrogen-bond donors (Lipinski definition) is 1. The summed E-state index contributed by atoms with van der Waals surface area (Å²) < 4.78 is 4.91. The Hall–Kier alpha value is -1.06. The smallest absolute Gasteiger partial charge is 0.310 e. The van der Waals surface area contributed by atoms with Crippen molar-refractivity contribution in [2.24, 2.45) is 11.8 Å². The van der Waals surface area contributed by atoms with Gasteiger partial charge in [-0.15, -0.1) is 0 Å². The topological polar surface area (TPSA) is 55.4 Å². The van der Waals surface area contributed by atoms with E-state index in [9.17, 15) is 9.59 Å². The zero-order chi connectivity index (χ0) is 11.1. The summed E-state index contributed by atoms with van der Waals surface area (Å²) in [6.07, 6.45) is 0. The van der Waals surface area contributed by atoms with Crippen molar-refractivity contribution in [1.29, 1.82) is 0 Å². The number of carbonyl (C=O) groups excluding carboxylic acids is 2. The molecule has 0 unspecified atom stereocenters. The van der Waals surface area contributed by atoms with Gasteiger partial charge in [0.25, 0.3) is 0 Å². The van der Waals surface area contributed by atoms with Crippen LogP contribution in [0.1, 0.15) is 27.7 Å². The summed E-state index contributed by atoms with van der Waals surface area (Å²) in [6, 6.07) is 0. The maximum atomic E-state index is 11.4. The van der Waals surface area contributed by atoms with Gasteiger partial charge in [-0.1, -0.05) is 13.8 Å². The lowest BCUT2D eigenvalue weighted by Crippen LogP contribution is -2.35. The highest BCUT2D eigenvalue weighted by molar-refractivity contribution is 5.76. The van der Waals surface area contributed by atoms with Crippen molar-refractivity contribution in [3.05, 3.63) is 0 Å². The summed E-state index contributed by atoms with van der Waals surface area (Å²) >= 11 is 0. The Labute approximate surface area is 85.0 Å².